The zero-order valence-electron chi connectivity index (χ0n) is 11.7. The van der Waals surface area contributed by atoms with Gasteiger partial charge in [0.2, 0.25) is 10.0 Å². The highest BCUT2D eigenvalue weighted by atomic mass is 32.2. The number of benzene rings is 1. The van der Waals surface area contributed by atoms with Crippen molar-refractivity contribution in [3.8, 4) is 0 Å². The van der Waals surface area contributed by atoms with Crippen molar-refractivity contribution < 1.29 is 26.4 Å². The van der Waals surface area contributed by atoms with Gasteiger partial charge in [-0.25, -0.2) is 12.7 Å². The number of allylic oxidation sites excluding steroid dienone is 1. The number of sulfonamides is 1. The number of carbonyl (C=O) groups is 1. The number of alkyl halides is 3. The molecule has 22 heavy (non-hydrogen) atoms. The zero-order valence-corrected chi connectivity index (χ0v) is 12.5. The van der Waals surface area contributed by atoms with E-state index in [4.69, 9.17) is 0 Å². The Labute approximate surface area is 126 Å². The van der Waals surface area contributed by atoms with Gasteiger partial charge in [0.05, 0.1) is 11.3 Å². The van der Waals surface area contributed by atoms with Gasteiger partial charge in [-0.05, 0) is 30.5 Å². The van der Waals surface area contributed by atoms with Crippen molar-refractivity contribution in [3.63, 3.8) is 0 Å². The van der Waals surface area contributed by atoms with Crippen LogP contribution in [0.2, 0.25) is 0 Å². The third-order valence-corrected chi connectivity index (χ3v) is 5.18. The topological polar surface area (TPSA) is 54.5 Å². The molecule has 0 saturated carbocycles. The molecule has 0 unspecified atom stereocenters. The lowest BCUT2D eigenvalue weighted by Gasteiger charge is -2.15. The van der Waals surface area contributed by atoms with E-state index in [1.807, 2.05) is 0 Å². The van der Waals surface area contributed by atoms with E-state index < -0.39 is 27.7 Å². The highest BCUT2D eigenvalue weighted by Gasteiger charge is 2.34. The van der Waals surface area contributed by atoms with Crippen LogP contribution in [-0.2, 0) is 21.0 Å². The molecule has 0 radical (unpaired) electrons. The van der Waals surface area contributed by atoms with Crippen LogP contribution in [0.25, 0.3) is 5.57 Å². The minimum Gasteiger partial charge on any atom is -0.269 e. The summed E-state index contributed by atoms with van der Waals surface area (Å²) in [5.41, 5.74) is -0.930. The first kappa shape index (κ1) is 16.5. The minimum atomic E-state index is -4.55. The van der Waals surface area contributed by atoms with Crippen molar-refractivity contribution in [2.75, 3.05) is 12.3 Å². The average Bonchev–Trinajstić information content (AvgIpc) is 2.77. The highest BCUT2D eigenvalue weighted by Crippen LogP contribution is 2.34. The SMILES string of the molecule is CC(=CC(=O)N1CCCS1(=O)=O)c1ccccc1C(F)(F)F. The molecule has 0 aliphatic carbocycles. The van der Waals surface area contributed by atoms with Gasteiger partial charge >= 0.3 is 6.18 Å². The molecule has 1 fully saturated rings. The third kappa shape index (κ3) is 3.32. The van der Waals surface area contributed by atoms with E-state index in [1.165, 1.54) is 25.1 Å². The second-order valence-corrected chi connectivity index (χ2v) is 6.96. The van der Waals surface area contributed by atoms with Gasteiger partial charge in [0.1, 0.15) is 0 Å². The van der Waals surface area contributed by atoms with E-state index in [-0.39, 0.29) is 23.4 Å². The number of hydrogen-bond donors (Lipinski definition) is 0. The summed E-state index contributed by atoms with van der Waals surface area (Å²) in [5.74, 6) is -0.933. The summed E-state index contributed by atoms with van der Waals surface area (Å²) in [6, 6.07) is 4.86. The van der Waals surface area contributed by atoms with Gasteiger partial charge in [0.15, 0.2) is 0 Å². The van der Waals surface area contributed by atoms with Crippen LogP contribution in [0.1, 0.15) is 24.5 Å². The first-order valence-electron chi connectivity index (χ1n) is 6.52. The van der Waals surface area contributed by atoms with Crippen LogP contribution in [0.15, 0.2) is 30.3 Å². The van der Waals surface area contributed by atoms with Crippen LogP contribution in [0, 0.1) is 0 Å². The number of amides is 1. The summed E-state index contributed by atoms with van der Waals surface area (Å²) >= 11 is 0. The lowest BCUT2D eigenvalue weighted by molar-refractivity contribution is -0.137. The molecule has 0 aromatic heterocycles. The van der Waals surface area contributed by atoms with Crippen LogP contribution in [0.3, 0.4) is 0 Å². The van der Waals surface area contributed by atoms with Crippen LogP contribution in [0.5, 0.6) is 0 Å². The number of nitrogens with zero attached hydrogens (tertiary/aromatic N) is 1. The van der Waals surface area contributed by atoms with Gasteiger partial charge in [-0.2, -0.15) is 13.2 Å². The Morgan fingerprint density at radius 2 is 1.91 bits per heavy atom. The molecule has 1 aromatic rings. The number of hydrogen-bond acceptors (Lipinski definition) is 3. The summed E-state index contributed by atoms with van der Waals surface area (Å²) in [6.45, 7) is 1.41. The molecule has 2 rings (SSSR count). The fraction of sp³-hybridized carbons (Fsp3) is 0.357. The van der Waals surface area contributed by atoms with Gasteiger partial charge in [0.25, 0.3) is 5.91 Å². The van der Waals surface area contributed by atoms with E-state index in [0.717, 1.165) is 12.1 Å². The molecule has 1 aliphatic rings. The molecule has 8 heteroatoms. The molecule has 120 valence electrons. The van der Waals surface area contributed by atoms with Crippen molar-refractivity contribution in [3.05, 3.63) is 41.5 Å². The first-order chi connectivity index (χ1) is 10.1. The number of rotatable bonds is 2. The van der Waals surface area contributed by atoms with Gasteiger partial charge in [-0.3, -0.25) is 4.79 Å². The third-order valence-electron chi connectivity index (χ3n) is 3.34. The van der Waals surface area contributed by atoms with Gasteiger partial charge in [0, 0.05) is 12.6 Å². The fourth-order valence-corrected chi connectivity index (χ4v) is 3.74. The largest absolute Gasteiger partial charge is 0.416 e. The highest BCUT2D eigenvalue weighted by molar-refractivity contribution is 7.89. The van der Waals surface area contributed by atoms with E-state index in [0.29, 0.717) is 10.7 Å². The van der Waals surface area contributed by atoms with E-state index in [9.17, 15) is 26.4 Å². The molecular weight excluding hydrogens is 319 g/mol. The molecule has 1 saturated heterocycles. The maximum absolute atomic E-state index is 13.0. The van der Waals surface area contributed by atoms with Crippen LogP contribution >= 0.6 is 0 Å². The Morgan fingerprint density at radius 3 is 2.45 bits per heavy atom. The predicted octanol–water partition coefficient (Wildman–Crippen LogP) is 2.67. The smallest absolute Gasteiger partial charge is 0.269 e. The molecule has 0 spiro atoms. The zero-order chi connectivity index (χ0) is 16.5. The van der Waals surface area contributed by atoms with Gasteiger partial charge < -0.3 is 0 Å². The van der Waals surface area contributed by atoms with E-state index in [1.54, 1.807) is 0 Å². The van der Waals surface area contributed by atoms with Gasteiger partial charge in [-0.1, -0.05) is 18.2 Å². The molecule has 1 heterocycles. The molecule has 1 aliphatic heterocycles. The fourth-order valence-electron chi connectivity index (χ4n) is 2.30. The molecule has 0 atom stereocenters. The summed E-state index contributed by atoms with van der Waals surface area (Å²) in [5, 5.41) is 0. The number of halogens is 3. The van der Waals surface area contributed by atoms with E-state index >= 15 is 0 Å². The average molecular weight is 333 g/mol. The van der Waals surface area contributed by atoms with Gasteiger partial charge in [-0.15, -0.1) is 0 Å². The van der Waals surface area contributed by atoms with Crippen molar-refractivity contribution in [1.82, 2.24) is 4.31 Å². The second kappa shape index (κ2) is 5.75. The van der Waals surface area contributed by atoms with E-state index in [2.05, 4.69) is 0 Å². The standard InChI is InChI=1S/C14H14F3NO3S/c1-10(9-13(19)18-7-4-8-22(18,20)21)11-5-2-3-6-12(11)14(15,16)17/h2-3,5-6,9H,4,7-8H2,1H3. The summed E-state index contributed by atoms with van der Waals surface area (Å²) < 4.78 is 62.8. The Hall–Kier alpha value is -1.83. The summed E-state index contributed by atoms with van der Waals surface area (Å²) in [6.07, 6.45) is -3.28. The van der Waals surface area contributed by atoms with Crippen molar-refractivity contribution >= 4 is 21.5 Å². The normalized spacial score (nSPS) is 18.5. The maximum Gasteiger partial charge on any atom is 0.416 e. The van der Waals surface area contributed by atoms with Crippen molar-refractivity contribution in [2.24, 2.45) is 0 Å². The monoisotopic (exact) mass is 333 g/mol. The molecule has 0 N–H and O–H groups in total. The van der Waals surface area contributed by atoms with Crippen LogP contribution < -0.4 is 0 Å². The minimum absolute atomic E-state index is 0.0614. The Morgan fingerprint density at radius 1 is 1.27 bits per heavy atom. The van der Waals surface area contributed by atoms with Crippen molar-refractivity contribution in [1.29, 1.82) is 0 Å². The molecule has 0 bridgehead atoms. The lowest BCUT2D eigenvalue weighted by atomic mass is 10.00. The molecule has 1 aromatic carbocycles. The molecular formula is C14H14F3NO3S. The Balaban J connectivity index is 2.36. The first-order valence-corrected chi connectivity index (χ1v) is 8.13. The van der Waals surface area contributed by atoms with Crippen molar-refractivity contribution in [2.45, 2.75) is 19.5 Å². The quantitative estimate of drug-likeness (QED) is 0.782. The van der Waals surface area contributed by atoms with Crippen LogP contribution in [0.4, 0.5) is 13.2 Å². The van der Waals surface area contributed by atoms with Crippen LogP contribution in [-0.4, -0.2) is 30.9 Å². The Kier molecular flexibility index (Phi) is 4.32. The number of carbonyl (C=O) groups excluding carboxylic acids is 1. The summed E-state index contributed by atoms with van der Waals surface area (Å²) in [4.78, 5) is 12.0. The second-order valence-electron chi connectivity index (χ2n) is 4.95. The summed E-state index contributed by atoms with van der Waals surface area (Å²) in [7, 11) is -3.64. The maximum atomic E-state index is 13.0. The molecule has 1 amide bonds. The lowest BCUT2D eigenvalue weighted by Crippen LogP contribution is -2.31. The molecule has 4 nitrogen and oxygen atoms in total. The Bertz CT molecular complexity index is 723. The predicted molar refractivity (Wildman–Crippen MR) is 75.2 cm³/mol.